The van der Waals surface area contributed by atoms with Gasteiger partial charge in [-0.1, -0.05) is 38.3 Å². The van der Waals surface area contributed by atoms with E-state index < -0.39 is 0 Å². The van der Waals surface area contributed by atoms with Gasteiger partial charge in [-0.25, -0.2) is 9.78 Å². The average molecular weight is 459 g/mol. The topological polar surface area (TPSA) is 95.0 Å². The molecule has 33 heavy (non-hydrogen) atoms. The quantitative estimate of drug-likeness (QED) is 0.682. The zero-order valence-corrected chi connectivity index (χ0v) is 20.3. The molecule has 182 valence electrons. The second kappa shape index (κ2) is 11.5. The number of rotatable bonds is 6. The largest absolute Gasteiger partial charge is 0.472 e. The smallest absolute Gasteiger partial charge is 0.317 e. The van der Waals surface area contributed by atoms with Crippen molar-refractivity contribution in [3.8, 4) is 5.88 Å². The second-order valence-electron chi connectivity index (χ2n) is 9.41. The van der Waals surface area contributed by atoms with Crippen molar-refractivity contribution in [1.29, 1.82) is 0 Å². The van der Waals surface area contributed by atoms with Crippen molar-refractivity contribution < 1.29 is 19.4 Å². The Morgan fingerprint density at radius 3 is 2.79 bits per heavy atom. The fraction of sp³-hybridized carbons (Fsp3) is 0.640. The number of carbonyl (C=O) groups is 2. The van der Waals surface area contributed by atoms with Crippen LogP contribution in [0.25, 0.3) is 6.08 Å². The molecule has 0 saturated heterocycles. The molecule has 0 spiro atoms. The molecule has 1 aliphatic carbocycles. The highest BCUT2D eigenvalue weighted by Gasteiger charge is 2.34. The lowest BCUT2D eigenvalue weighted by molar-refractivity contribution is 0.0351. The van der Waals surface area contributed by atoms with Gasteiger partial charge in [-0.15, -0.1) is 0 Å². The third-order valence-electron chi connectivity index (χ3n) is 6.63. The van der Waals surface area contributed by atoms with Crippen LogP contribution in [0.3, 0.4) is 0 Å². The van der Waals surface area contributed by atoms with Gasteiger partial charge in [0.1, 0.15) is 11.7 Å². The first-order valence-electron chi connectivity index (χ1n) is 12.1. The van der Waals surface area contributed by atoms with E-state index in [1.807, 2.05) is 32.9 Å². The van der Waals surface area contributed by atoms with Crippen molar-refractivity contribution in [3.63, 3.8) is 0 Å². The van der Waals surface area contributed by atoms with Crippen LogP contribution in [0.15, 0.2) is 18.3 Å². The van der Waals surface area contributed by atoms with E-state index in [1.165, 1.54) is 6.42 Å². The third kappa shape index (κ3) is 6.25. The molecular formula is C25H38N4O4. The van der Waals surface area contributed by atoms with Crippen LogP contribution >= 0.6 is 0 Å². The van der Waals surface area contributed by atoms with Gasteiger partial charge >= 0.3 is 6.03 Å². The van der Waals surface area contributed by atoms with Crippen molar-refractivity contribution in [2.24, 2.45) is 5.92 Å². The Balaban J connectivity index is 1.82. The Labute approximate surface area is 197 Å². The van der Waals surface area contributed by atoms with Crippen molar-refractivity contribution in [2.45, 2.75) is 71.1 Å². The lowest BCUT2D eigenvalue weighted by Crippen LogP contribution is -2.52. The van der Waals surface area contributed by atoms with Gasteiger partial charge in [-0.05, 0) is 38.3 Å². The molecule has 1 aromatic rings. The number of fused-ring (bicyclic) bond motifs is 1. The number of urea groups is 1. The zero-order chi connectivity index (χ0) is 24.0. The van der Waals surface area contributed by atoms with Crippen LogP contribution in [0.5, 0.6) is 5.88 Å². The van der Waals surface area contributed by atoms with Crippen molar-refractivity contribution >= 4 is 18.0 Å². The minimum atomic E-state index is -0.354. The molecule has 1 aliphatic heterocycles. The van der Waals surface area contributed by atoms with Gasteiger partial charge in [-0.3, -0.25) is 4.79 Å². The summed E-state index contributed by atoms with van der Waals surface area (Å²) in [5.74, 6) is -0.0156. The maximum absolute atomic E-state index is 13.3. The Hall–Kier alpha value is -2.61. The summed E-state index contributed by atoms with van der Waals surface area (Å²) in [4.78, 5) is 33.9. The SMILES string of the molecule is C/C=C/c1cnc2c(c1)C(=O)N([C@@H](C)CO)C[C@@H](C)[C@H](CN(C)C(=O)NC1CCCCC1)O2. The fourth-order valence-corrected chi connectivity index (χ4v) is 4.50. The number of likely N-dealkylation sites (N-methyl/N-ethyl adjacent to an activating group) is 1. The van der Waals surface area contributed by atoms with E-state index in [-0.39, 0.29) is 48.5 Å². The number of carbonyl (C=O) groups excluding carboxylic acids is 2. The summed E-state index contributed by atoms with van der Waals surface area (Å²) in [6.07, 6.45) is 10.7. The molecule has 1 saturated carbocycles. The molecule has 3 amide bonds. The van der Waals surface area contributed by atoms with Gasteiger partial charge in [0, 0.05) is 31.7 Å². The molecule has 8 heteroatoms. The number of aromatic nitrogens is 1. The van der Waals surface area contributed by atoms with Crippen LogP contribution in [-0.2, 0) is 0 Å². The number of nitrogens with one attached hydrogen (secondary N) is 1. The van der Waals surface area contributed by atoms with Gasteiger partial charge < -0.3 is 25.0 Å². The molecule has 1 fully saturated rings. The van der Waals surface area contributed by atoms with E-state index in [0.717, 1.165) is 31.2 Å². The van der Waals surface area contributed by atoms with E-state index in [9.17, 15) is 14.7 Å². The molecule has 0 aromatic carbocycles. The molecule has 8 nitrogen and oxygen atoms in total. The van der Waals surface area contributed by atoms with E-state index in [0.29, 0.717) is 18.7 Å². The standard InChI is InChI=1S/C25H38N4O4/c1-5-9-19-12-21-23(26-13-19)33-22(17(2)14-29(24(21)31)18(3)16-30)15-28(4)25(32)27-20-10-7-6-8-11-20/h5,9,12-13,17-18,20,22,30H,6-8,10-11,14-16H2,1-4H3,(H,27,32)/b9-5+/t17-,18+,22+/m1/s1. The summed E-state index contributed by atoms with van der Waals surface area (Å²) in [5.41, 5.74) is 1.18. The number of aliphatic hydroxyl groups excluding tert-OH is 1. The predicted molar refractivity (Wildman–Crippen MR) is 128 cm³/mol. The zero-order valence-electron chi connectivity index (χ0n) is 20.3. The first-order valence-corrected chi connectivity index (χ1v) is 12.1. The molecule has 0 bridgehead atoms. The third-order valence-corrected chi connectivity index (χ3v) is 6.63. The van der Waals surface area contributed by atoms with Gasteiger partial charge in [0.25, 0.3) is 5.91 Å². The maximum atomic E-state index is 13.3. The molecule has 1 aromatic heterocycles. The van der Waals surface area contributed by atoms with Crippen LogP contribution in [0, 0.1) is 5.92 Å². The molecular weight excluding hydrogens is 420 g/mol. The first kappa shape index (κ1) is 25.0. The van der Waals surface area contributed by atoms with Crippen LogP contribution in [-0.4, -0.2) is 76.8 Å². The molecule has 2 aliphatic rings. The highest BCUT2D eigenvalue weighted by molar-refractivity contribution is 5.97. The number of ether oxygens (including phenoxy) is 1. The molecule has 3 rings (SSSR count). The fourth-order valence-electron chi connectivity index (χ4n) is 4.50. The highest BCUT2D eigenvalue weighted by Crippen LogP contribution is 2.28. The molecule has 0 radical (unpaired) electrons. The van der Waals surface area contributed by atoms with Crippen LogP contribution < -0.4 is 10.1 Å². The molecule has 2 N–H and O–H groups in total. The lowest BCUT2D eigenvalue weighted by Gasteiger charge is -2.38. The summed E-state index contributed by atoms with van der Waals surface area (Å²) < 4.78 is 6.26. The number of amides is 3. The van der Waals surface area contributed by atoms with Gasteiger partial charge in [-0.2, -0.15) is 0 Å². The highest BCUT2D eigenvalue weighted by atomic mass is 16.5. The number of hydrogen-bond donors (Lipinski definition) is 2. The monoisotopic (exact) mass is 458 g/mol. The van der Waals surface area contributed by atoms with Gasteiger partial charge in [0.05, 0.1) is 19.2 Å². The Bertz CT molecular complexity index is 853. The van der Waals surface area contributed by atoms with Crippen molar-refractivity contribution in [1.82, 2.24) is 20.1 Å². The summed E-state index contributed by atoms with van der Waals surface area (Å²) in [7, 11) is 1.77. The predicted octanol–water partition coefficient (Wildman–Crippen LogP) is 3.31. The second-order valence-corrected chi connectivity index (χ2v) is 9.41. The normalized spacial score (nSPS) is 22.8. The number of pyridine rings is 1. The first-order chi connectivity index (χ1) is 15.8. The van der Waals surface area contributed by atoms with Crippen LogP contribution in [0.2, 0.25) is 0 Å². The van der Waals surface area contributed by atoms with E-state index in [2.05, 4.69) is 10.3 Å². The van der Waals surface area contributed by atoms with Crippen molar-refractivity contribution in [2.75, 3.05) is 26.7 Å². The minimum absolute atomic E-state index is 0.0713. The average Bonchev–Trinajstić information content (AvgIpc) is 2.82. The van der Waals surface area contributed by atoms with E-state index in [4.69, 9.17) is 4.74 Å². The summed E-state index contributed by atoms with van der Waals surface area (Å²) in [6, 6.07) is 1.56. The van der Waals surface area contributed by atoms with Gasteiger partial charge in [0.15, 0.2) is 0 Å². The summed E-state index contributed by atoms with van der Waals surface area (Å²) >= 11 is 0. The lowest BCUT2D eigenvalue weighted by atomic mass is 9.96. The molecule has 3 atom stereocenters. The van der Waals surface area contributed by atoms with E-state index in [1.54, 1.807) is 29.1 Å². The minimum Gasteiger partial charge on any atom is -0.472 e. The number of nitrogens with zero attached hydrogens (tertiary/aromatic N) is 3. The Kier molecular flexibility index (Phi) is 8.72. The number of allylic oxidation sites excluding steroid dienone is 1. The number of hydrogen-bond acceptors (Lipinski definition) is 5. The summed E-state index contributed by atoms with van der Waals surface area (Å²) in [5, 5.41) is 12.9. The Morgan fingerprint density at radius 2 is 2.12 bits per heavy atom. The Morgan fingerprint density at radius 1 is 1.39 bits per heavy atom. The molecule has 0 unspecified atom stereocenters. The number of aliphatic hydroxyl groups is 1. The van der Waals surface area contributed by atoms with E-state index >= 15 is 0 Å². The van der Waals surface area contributed by atoms with Gasteiger partial charge in [0.2, 0.25) is 5.88 Å². The summed E-state index contributed by atoms with van der Waals surface area (Å²) in [6.45, 7) is 6.38. The van der Waals surface area contributed by atoms with Crippen LogP contribution in [0.1, 0.15) is 68.8 Å². The maximum Gasteiger partial charge on any atom is 0.317 e. The van der Waals surface area contributed by atoms with Crippen LogP contribution in [0.4, 0.5) is 4.79 Å². The van der Waals surface area contributed by atoms with Crippen molar-refractivity contribution in [3.05, 3.63) is 29.5 Å². The molecule has 2 heterocycles.